The zero-order valence-corrected chi connectivity index (χ0v) is 15.0. The van der Waals surface area contributed by atoms with Gasteiger partial charge in [0.2, 0.25) is 0 Å². The Morgan fingerprint density at radius 2 is 1.81 bits per heavy atom. The predicted octanol–water partition coefficient (Wildman–Crippen LogP) is 3.05. The highest BCUT2D eigenvalue weighted by Crippen LogP contribution is 2.23. The summed E-state index contributed by atoms with van der Waals surface area (Å²) in [6.45, 7) is 3.52. The quantitative estimate of drug-likeness (QED) is 0.671. The minimum atomic E-state index is -3.95. The molecule has 0 aliphatic carbocycles. The first-order valence-corrected chi connectivity index (χ1v) is 9.18. The van der Waals surface area contributed by atoms with Gasteiger partial charge in [0.05, 0.1) is 6.20 Å². The first-order chi connectivity index (χ1) is 12.3. The highest BCUT2D eigenvalue weighted by Gasteiger charge is 2.19. The number of aryl methyl sites for hydroxylation is 2. The third kappa shape index (κ3) is 3.92. The number of hydrogen-bond acceptors (Lipinski definition) is 5. The molecule has 3 aromatic rings. The monoisotopic (exact) mass is 371 g/mol. The summed E-state index contributed by atoms with van der Waals surface area (Å²) in [4.78, 5) is 12.2. The highest BCUT2D eigenvalue weighted by atomic mass is 32.2. The van der Waals surface area contributed by atoms with E-state index in [-0.39, 0.29) is 16.6 Å². The SMILES string of the molecule is Cc1ccc(C)c(S(=O)(=O)Oc2ccc(C(=O)Nc3ccn[nH]3)cc2)c1. The summed E-state index contributed by atoms with van der Waals surface area (Å²) in [7, 11) is -3.95. The van der Waals surface area contributed by atoms with E-state index in [9.17, 15) is 13.2 Å². The number of aromatic nitrogens is 2. The minimum Gasteiger partial charge on any atom is -0.379 e. The minimum absolute atomic E-state index is 0.124. The van der Waals surface area contributed by atoms with Crippen LogP contribution in [0.15, 0.2) is 59.6 Å². The van der Waals surface area contributed by atoms with Crippen molar-refractivity contribution in [1.29, 1.82) is 0 Å². The van der Waals surface area contributed by atoms with Gasteiger partial charge in [0.15, 0.2) is 0 Å². The highest BCUT2D eigenvalue weighted by molar-refractivity contribution is 7.87. The van der Waals surface area contributed by atoms with E-state index in [0.717, 1.165) is 5.56 Å². The zero-order chi connectivity index (χ0) is 18.7. The van der Waals surface area contributed by atoms with Crippen molar-refractivity contribution in [3.05, 3.63) is 71.4 Å². The Hall–Kier alpha value is -3.13. The predicted molar refractivity (Wildman–Crippen MR) is 96.7 cm³/mol. The van der Waals surface area contributed by atoms with Gasteiger partial charge in [-0.15, -0.1) is 0 Å². The molecule has 3 rings (SSSR count). The average Bonchev–Trinajstić information content (AvgIpc) is 3.10. The number of amides is 1. The van der Waals surface area contributed by atoms with Crippen molar-refractivity contribution in [1.82, 2.24) is 10.2 Å². The van der Waals surface area contributed by atoms with Crippen LogP contribution < -0.4 is 9.50 Å². The number of carbonyl (C=O) groups is 1. The van der Waals surface area contributed by atoms with E-state index in [4.69, 9.17) is 4.18 Å². The second kappa shape index (κ2) is 7.01. The first-order valence-electron chi connectivity index (χ1n) is 7.78. The van der Waals surface area contributed by atoms with Crippen LogP contribution in [0.4, 0.5) is 5.82 Å². The topological polar surface area (TPSA) is 101 Å². The molecule has 0 saturated carbocycles. The van der Waals surface area contributed by atoms with E-state index in [2.05, 4.69) is 15.5 Å². The fourth-order valence-electron chi connectivity index (χ4n) is 2.33. The van der Waals surface area contributed by atoms with Crippen molar-refractivity contribution in [3.63, 3.8) is 0 Å². The van der Waals surface area contributed by atoms with Crippen LogP contribution in [0.5, 0.6) is 5.75 Å². The van der Waals surface area contributed by atoms with Gasteiger partial charge < -0.3 is 9.50 Å². The van der Waals surface area contributed by atoms with Gasteiger partial charge in [-0.1, -0.05) is 12.1 Å². The Labute approximate surface area is 151 Å². The summed E-state index contributed by atoms with van der Waals surface area (Å²) in [5.74, 6) is 0.245. The van der Waals surface area contributed by atoms with Crippen LogP contribution in [0.3, 0.4) is 0 Å². The third-order valence-electron chi connectivity index (χ3n) is 3.68. The molecule has 7 nitrogen and oxygen atoms in total. The molecule has 0 bridgehead atoms. The molecule has 0 saturated heterocycles. The summed E-state index contributed by atoms with van der Waals surface area (Å²) in [5.41, 5.74) is 1.78. The Bertz CT molecular complexity index is 1030. The average molecular weight is 371 g/mol. The van der Waals surface area contributed by atoms with E-state index in [1.54, 1.807) is 25.1 Å². The van der Waals surface area contributed by atoms with Gasteiger partial charge in [0.25, 0.3) is 5.91 Å². The summed E-state index contributed by atoms with van der Waals surface area (Å²) in [6, 6.07) is 12.6. The van der Waals surface area contributed by atoms with Crippen LogP contribution in [0, 0.1) is 13.8 Å². The van der Waals surface area contributed by atoms with Gasteiger partial charge in [0, 0.05) is 11.6 Å². The van der Waals surface area contributed by atoms with Gasteiger partial charge >= 0.3 is 10.1 Å². The van der Waals surface area contributed by atoms with E-state index >= 15 is 0 Å². The van der Waals surface area contributed by atoms with Gasteiger partial charge in [-0.2, -0.15) is 13.5 Å². The second-order valence-corrected chi connectivity index (χ2v) is 7.27. The van der Waals surface area contributed by atoms with E-state index < -0.39 is 10.1 Å². The van der Waals surface area contributed by atoms with Crippen LogP contribution in [0.25, 0.3) is 0 Å². The number of anilines is 1. The van der Waals surface area contributed by atoms with Crippen LogP contribution in [-0.4, -0.2) is 24.5 Å². The van der Waals surface area contributed by atoms with Crippen LogP contribution in [0.1, 0.15) is 21.5 Å². The lowest BCUT2D eigenvalue weighted by molar-refractivity contribution is 0.102. The lowest BCUT2D eigenvalue weighted by Gasteiger charge is -2.10. The lowest BCUT2D eigenvalue weighted by atomic mass is 10.2. The second-order valence-electron chi connectivity index (χ2n) is 5.76. The molecule has 134 valence electrons. The molecule has 0 fully saturated rings. The third-order valence-corrected chi connectivity index (χ3v) is 5.07. The number of H-pyrrole nitrogens is 1. The first kappa shape index (κ1) is 17.7. The molecule has 0 unspecified atom stereocenters. The molecule has 0 aliphatic rings. The van der Waals surface area contributed by atoms with Crippen molar-refractivity contribution < 1.29 is 17.4 Å². The maximum absolute atomic E-state index is 12.5. The maximum atomic E-state index is 12.5. The van der Waals surface area contributed by atoms with Gasteiger partial charge in [-0.25, -0.2) is 0 Å². The van der Waals surface area contributed by atoms with Gasteiger partial charge in [-0.05, 0) is 55.3 Å². The summed E-state index contributed by atoms with van der Waals surface area (Å²) in [6.07, 6.45) is 1.52. The molecule has 0 spiro atoms. The number of aromatic amines is 1. The number of rotatable bonds is 5. The van der Waals surface area contributed by atoms with E-state index in [1.165, 1.54) is 30.5 Å². The van der Waals surface area contributed by atoms with Crippen molar-refractivity contribution in [2.45, 2.75) is 18.7 Å². The molecule has 26 heavy (non-hydrogen) atoms. The smallest absolute Gasteiger partial charge is 0.339 e. The molecule has 0 aliphatic heterocycles. The maximum Gasteiger partial charge on any atom is 0.339 e. The molecular formula is C18H17N3O4S. The number of benzene rings is 2. The van der Waals surface area contributed by atoms with Gasteiger partial charge in [-0.3, -0.25) is 9.89 Å². The largest absolute Gasteiger partial charge is 0.379 e. The van der Waals surface area contributed by atoms with Crippen molar-refractivity contribution >= 4 is 21.8 Å². The molecule has 1 heterocycles. The summed E-state index contributed by atoms with van der Waals surface area (Å²) >= 11 is 0. The lowest BCUT2D eigenvalue weighted by Crippen LogP contribution is -2.13. The molecule has 2 N–H and O–H groups in total. The molecule has 1 amide bonds. The zero-order valence-electron chi connectivity index (χ0n) is 14.2. The van der Waals surface area contributed by atoms with Gasteiger partial charge in [0.1, 0.15) is 16.5 Å². The van der Waals surface area contributed by atoms with E-state index in [0.29, 0.717) is 16.9 Å². The molecule has 0 atom stereocenters. The van der Waals surface area contributed by atoms with Crippen LogP contribution in [-0.2, 0) is 10.1 Å². The van der Waals surface area contributed by atoms with Crippen molar-refractivity contribution in [2.75, 3.05) is 5.32 Å². The Morgan fingerprint density at radius 3 is 2.46 bits per heavy atom. The number of nitrogens with one attached hydrogen (secondary N) is 2. The standard InChI is InChI=1S/C18H17N3O4S/c1-12-3-4-13(2)16(11-12)26(23,24)25-15-7-5-14(6-8-15)18(22)20-17-9-10-19-21-17/h3-11H,1-2H3,(H2,19,20,21,22). The molecule has 0 radical (unpaired) electrons. The summed E-state index contributed by atoms with van der Waals surface area (Å²) < 4.78 is 30.2. The van der Waals surface area contributed by atoms with Crippen LogP contribution in [0.2, 0.25) is 0 Å². The Balaban J connectivity index is 1.76. The molecule has 2 aromatic carbocycles. The number of nitrogens with zero attached hydrogens (tertiary/aromatic N) is 1. The summed E-state index contributed by atoms with van der Waals surface area (Å²) in [5, 5.41) is 8.99. The normalized spacial score (nSPS) is 11.2. The Morgan fingerprint density at radius 1 is 1.08 bits per heavy atom. The fraction of sp³-hybridized carbons (Fsp3) is 0.111. The van der Waals surface area contributed by atoms with Crippen molar-refractivity contribution in [2.24, 2.45) is 0 Å². The Kier molecular flexibility index (Phi) is 4.77. The van der Waals surface area contributed by atoms with Crippen molar-refractivity contribution in [3.8, 4) is 5.75 Å². The molecule has 8 heteroatoms. The number of carbonyl (C=O) groups excluding carboxylic acids is 1. The van der Waals surface area contributed by atoms with Crippen LogP contribution >= 0.6 is 0 Å². The molecular weight excluding hydrogens is 354 g/mol. The van der Waals surface area contributed by atoms with E-state index in [1.807, 2.05) is 13.0 Å². The molecule has 1 aromatic heterocycles. The number of hydrogen-bond donors (Lipinski definition) is 2. The fourth-order valence-corrected chi connectivity index (χ4v) is 3.58.